The summed E-state index contributed by atoms with van der Waals surface area (Å²) in [6.07, 6.45) is 1.85. The third-order valence-electron chi connectivity index (χ3n) is 2.42. The third kappa shape index (κ3) is 4.57. The van der Waals surface area contributed by atoms with Crippen LogP contribution in [0.5, 0.6) is 5.75 Å². The number of rotatable bonds is 6. The van der Waals surface area contributed by atoms with Gasteiger partial charge in [0.1, 0.15) is 10.8 Å². The van der Waals surface area contributed by atoms with Crippen LogP contribution in [0.15, 0.2) is 30.5 Å². The van der Waals surface area contributed by atoms with Gasteiger partial charge in [0.25, 0.3) is 0 Å². The van der Waals surface area contributed by atoms with Gasteiger partial charge in [-0.15, -0.1) is 11.3 Å². The first-order chi connectivity index (χ1) is 9.13. The van der Waals surface area contributed by atoms with Crippen LogP contribution in [0.25, 0.3) is 0 Å². The molecule has 0 saturated heterocycles. The Bertz CT molecular complexity index is 514. The summed E-state index contributed by atoms with van der Waals surface area (Å²) in [7, 11) is 0. The summed E-state index contributed by atoms with van der Waals surface area (Å²) in [4.78, 5) is 5.43. The summed E-state index contributed by atoms with van der Waals surface area (Å²) < 4.78 is 28.2. The van der Waals surface area contributed by atoms with Gasteiger partial charge in [-0.1, -0.05) is 12.1 Å². The van der Waals surface area contributed by atoms with Crippen LogP contribution < -0.4 is 10.1 Å². The first-order valence-electron chi connectivity index (χ1n) is 5.79. The third-order valence-corrected chi connectivity index (χ3v) is 3.34. The van der Waals surface area contributed by atoms with Gasteiger partial charge in [0.15, 0.2) is 0 Å². The summed E-state index contributed by atoms with van der Waals surface area (Å²) >= 11 is 1.66. The minimum absolute atomic E-state index is 0.175. The maximum atomic E-state index is 12.0. The van der Waals surface area contributed by atoms with Crippen LogP contribution >= 0.6 is 11.3 Å². The highest BCUT2D eigenvalue weighted by Crippen LogP contribution is 2.15. The lowest BCUT2D eigenvalue weighted by atomic mass is 10.2. The maximum Gasteiger partial charge on any atom is 0.387 e. The highest BCUT2D eigenvalue weighted by atomic mass is 32.1. The van der Waals surface area contributed by atoms with Gasteiger partial charge in [-0.2, -0.15) is 8.78 Å². The molecule has 0 saturated carbocycles. The fraction of sp³-hybridized carbons (Fsp3) is 0.308. The van der Waals surface area contributed by atoms with Gasteiger partial charge in [0.05, 0.1) is 0 Å². The molecule has 0 spiro atoms. The number of nitrogens with one attached hydrogen (secondary N) is 1. The largest absolute Gasteiger partial charge is 0.435 e. The fourth-order valence-corrected chi connectivity index (χ4v) is 2.34. The summed E-state index contributed by atoms with van der Waals surface area (Å²) in [5, 5.41) is 4.29. The molecule has 19 heavy (non-hydrogen) atoms. The van der Waals surface area contributed by atoms with Crippen LogP contribution in [0.1, 0.15) is 15.4 Å². The van der Waals surface area contributed by atoms with Crippen LogP contribution in [0, 0.1) is 6.92 Å². The molecule has 2 aromatic rings. The van der Waals surface area contributed by atoms with Crippen molar-refractivity contribution in [3.8, 4) is 5.75 Å². The summed E-state index contributed by atoms with van der Waals surface area (Å²) in [6, 6.07) is 6.60. The molecule has 2 rings (SSSR count). The van der Waals surface area contributed by atoms with Crippen LogP contribution in [0.2, 0.25) is 0 Å². The van der Waals surface area contributed by atoms with E-state index in [1.54, 1.807) is 23.5 Å². The molecule has 1 aromatic carbocycles. The monoisotopic (exact) mass is 284 g/mol. The van der Waals surface area contributed by atoms with Crippen molar-refractivity contribution in [2.75, 3.05) is 0 Å². The van der Waals surface area contributed by atoms with E-state index in [1.807, 2.05) is 13.1 Å². The van der Waals surface area contributed by atoms with Crippen molar-refractivity contribution >= 4 is 11.3 Å². The number of hydrogen-bond acceptors (Lipinski definition) is 4. The van der Waals surface area contributed by atoms with E-state index >= 15 is 0 Å². The number of nitrogens with zero attached hydrogens (tertiary/aromatic N) is 1. The van der Waals surface area contributed by atoms with Gasteiger partial charge in [-0.3, -0.25) is 0 Å². The second-order valence-electron chi connectivity index (χ2n) is 3.99. The number of ether oxygens (including phenoxy) is 1. The Labute approximate surface area is 114 Å². The number of aromatic nitrogens is 1. The van der Waals surface area contributed by atoms with E-state index in [1.165, 1.54) is 17.0 Å². The second-order valence-corrected chi connectivity index (χ2v) is 5.31. The molecule has 0 amide bonds. The predicted molar refractivity (Wildman–Crippen MR) is 70.5 cm³/mol. The Balaban J connectivity index is 1.79. The molecule has 0 aliphatic rings. The molecule has 0 unspecified atom stereocenters. The van der Waals surface area contributed by atoms with E-state index in [4.69, 9.17) is 0 Å². The summed E-state index contributed by atoms with van der Waals surface area (Å²) in [5.74, 6) is 0.175. The smallest absolute Gasteiger partial charge is 0.387 e. The lowest BCUT2D eigenvalue weighted by Crippen LogP contribution is -2.12. The van der Waals surface area contributed by atoms with Gasteiger partial charge in [-0.05, 0) is 24.6 Å². The zero-order valence-corrected chi connectivity index (χ0v) is 11.2. The normalized spacial score (nSPS) is 10.9. The number of halogens is 2. The minimum Gasteiger partial charge on any atom is -0.435 e. The lowest BCUT2D eigenvalue weighted by Gasteiger charge is -2.06. The van der Waals surface area contributed by atoms with Gasteiger partial charge in [0.2, 0.25) is 0 Å². The fourth-order valence-electron chi connectivity index (χ4n) is 1.59. The molecule has 0 bridgehead atoms. The number of aryl methyl sites for hydroxylation is 1. The van der Waals surface area contributed by atoms with E-state index in [0.717, 1.165) is 10.6 Å². The van der Waals surface area contributed by atoms with Crippen molar-refractivity contribution < 1.29 is 13.5 Å². The molecule has 0 aliphatic heterocycles. The van der Waals surface area contributed by atoms with Gasteiger partial charge in [0, 0.05) is 24.2 Å². The first kappa shape index (κ1) is 13.9. The Morgan fingerprint density at radius 2 is 2.00 bits per heavy atom. The predicted octanol–water partition coefficient (Wildman–Crippen LogP) is 3.34. The van der Waals surface area contributed by atoms with Crippen molar-refractivity contribution in [3.05, 3.63) is 45.9 Å². The molecule has 0 radical (unpaired) electrons. The Morgan fingerprint density at radius 1 is 1.26 bits per heavy atom. The summed E-state index contributed by atoms with van der Waals surface area (Å²) in [6.45, 7) is 0.599. The van der Waals surface area contributed by atoms with E-state index in [-0.39, 0.29) is 5.75 Å². The van der Waals surface area contributed by atoms with Crippen molar-refractivity contribution in [2.45, 2.75) is 26.6 Å². The minimum atomic E-state index is -2.78. The molecule has 0 fully saturated rings. The quantitative estimate of drug-likeness (QED) is 0.883. The molecule has 0 aliphatic carbocycles. The molecule has 1 N–H and O–H groups in total. The van der Waals surface area contributed by atoms with Crippen LogP contribution in [-0.2, 0) is 13.1 Å². The average Bonchev–Trinajstić information content (AvgIpc) is 2.77. The molecular weight excluding hydrogens is 270 g/mol. The number of benzene rings is 1. The van der Waals surface area contributed by atoms with E-state index in [9.17, 15) is 8.78 Å². The zero-order chi connectivity index (χ0) is 13.7. The van der Waals surface area contributed by atoms with Crippen LogP contribution in [0.4, 0.5) is 8.78 Å². The highest BCUT2D eigenvalue weighted by Gasteiger charge is 2.03. The maximum absolute atomic E-state index is 12.0. The molecule has 1 heterocycles. The van der Waals surface area contributed by atoms with Gasteiger partial charge in [-0.25, -0.2) is 4.98 Å². The van der Waals surface area contributed by atoms with Gasteiger partial charge >= 0.3 is 6.61 Å². The number of hydrogen-bond donors (Lipinski definition) is 1. The van der Waals surface area contributed by atoms with E-state index in [2.05, 4.69) is 15.0 Å². The topological polar surface area (TPSA) is 34.2 Å². The number of alkyl halides is 2. The Morgan fingerprint density at radius 3 is 2.58 bits per heavy atom. The average molecular weight is 284 g/mol. The van der Waals surface area contributed by atoms with Crippen molar-refractivity contribution in [3.63, 3.8) is 0 Å². The highest BCUT2D eigenvalue weighted by molar-refractivity contribution is 7.11. The summed E-state index contributed by atoms with van der Waals surface area (Å²) in [5.41, 5.74) is 1.01. The van der Waals surface area contributed by atoms with Gasteiger partial charge < -0.3 is 10.1 Å². The van der Waals surface area contributed by atoms with Crippen molar-refractivity contribution in [2.24, 2.45) is 0 Å². The molecule has 3 nitrogen and oxygen atoms in total. The van der Waals surface area contributed by atoms with Crippen molar-refractivity contribution in [1.29, 1.82) is 0 Å². The zero-order valence-electron chi connectivity index (χ0n) is 10.4. The van der Waals surface area contributed by atoms with E-state index in [0.29, 0.717) is 13.1 Å². The standard InChI is InChI=1S/C13H14F2N2OS/c1-9-6-17-12(19-9)8-16-7-10-2-4-11(5-3-10)18-13(14)15/h2-6,13,16H,7-8H2,1H3. The lowest BCUT2D eigenvalue weighted by molar-refractivity contribution is -0.0498. The van der Waals surface area contributed by atoms with Crippen LogP contribution in [-0.4, -0.2) is 11.6 Å². The Kier molecular flexibility index (Phi) is 4.81. The van der Waals surface area contributed by atoms with Crippen molar-refractivity contribution in [1.82, 2.24) is 10.3 Å². The SMILES string of the molecule is Cc1cnc(CNCc2ccc(OC(F)F)cc2)s1. The first-order valence-corrected chi connectivity index (χ1v) is 6.61. The Hall–Kier alpha value is -1.53. The van der Waals surface area contributed by atoms with E-state index < -0.39 is 6.61 Å². The molecule has 1 aromatic heterocycles. The second kappa shape index (κ2) is 6.58. The molecule has 6 heteroatoms. The molecule has 0 atom stereocenters. The van der Waals surface area contributed by atoms with Crippen LogP contribution in [0.3, 0.4) is 0 Å². The molecular formula is C13H14F2N2OS. The number of thiazole rings is 1. The molecule has 102 valence electrons.